The van der Waals surface area contributed by atoms with Crippen molar-refractivity contribution in [2.45, 2.75) is 37.0 Å². The number of ether oxygens (including phenoxy) is 2. The lowest BCUT2D eigenvalue weighted by Crippen LogP contribution is -2.45. The summed E-state index contributed by atoms with van der Waals surface area (Å²) in [6.07, 6.45) is 3.49. The van der Waals surface area contributed by atoms with Crippen molar-refractivity contribution in [2.75, 3.05) is 38.7 Å². The fourth-order valence-corrected chi connectivity index (χ4v) is 7.78. The Morgan fingerprint density at radius 3 is 2.33 bits per heavy atom. The van der Waals surface area contributed by atoms with Crippen LogP contribution in [0.5, 0.6) is 11.5 Å². The number of hydroxylamine groups is 2. The van der Waals surface area contributed by atoms with Crippen LogP contribution in [-0.4, -0.2) is 86.0 Å². The number of benzene rings is 1. The molecule has 0 radical (unpaired) electrons. The van der Waals surface area contributed by atoms with Crippen molar-refractivity contribution in [3.8, 4) is 28.8 Å². The number of nitrogens with zero attached hydrogens (tertiary/aromatic N) is 7. The van der Waals surface area contributed by atoms with Crippen molar-refractivity contribution < 1.29 is 31.5 Å². The predicted molar refractivity (Wildman–Crippen MR) is 159 cm³/mol. The van der Waals surface area contributed by atoms with E-state index >= 15 is 0 Å². The number of furan rings is 1. The highest BCUT2D eigenvalue weighted by atomic mass is 32.2. The molecule has 0 bridgehead atoms. The van der Waals surface area contributed by atoms with E-state index in [2.05, 4.69) is 39.8 Å². The Labute approximate surface area is 250 Å². The second kappa shape index (κ2) is 12.0. The second-order valence-corrected chi connectivity index (χ2v) is 18.9. The third kappa shape index (κ3) is 6.00. The maximum Gasteiger partial charge on any atom is 0.246 e. The van der Waals surface area contributed by atoms with Gasteiger partial charge in [0.1, 0.15) is 34.3 Å². The molecule has 0 saturated carbocycles. The van der Waals surface area contributed by atoms with E-state index in [1.807, 2.05) is 0 Å². The summed E-state index contributed by atoms with van der Waals surface area (Å²) < 4.78 is 63.1. The number of rotatable bonds is 11. The van der Waals surface area contributed by atoms with Gasteiger partial charge in [-0.15, -0.1) is 10.2 Å². The van der Waals surface area contributed by atoms with Crippen molar-refractivity contribution in [3.63, 3.8) is 0 Å². The van der Waals surface area contributed by atoms with E-state index in [-0.39, 0.29) is 30.7 Å². The number of methoxy groups -OCH3 is 2. The molecule has 0 N–H and O–H groups in total. The number of para-hydroxylation sites is 1. The van der Waals surface area contributed by atoms with Crippen molar-refractivity contribution in [1.82, 2.24) is 29.8 Å². The van der Waals surface area contributed by atoms with E-state index in [1.54, 1.807) is 41.9 Å². The Kier molecular flexibility index (Phi) is 8.55. The fourth-order valence-electron chi connectivity index (χ4n) is 4.85. The van der Waals surface area contributed by atoms with Gasteiger partial charge in [0.25, 0.3) is 0 Å². The molecule has 3 aromatic heterocycles. The highest BCUT2D eigenvalue weighted by Gasteiger charge is 2.49. The first-order valence-corrected chi connectivity index (χ1v) is 18.7. The molecular weight excluding hydrogens is 597 g/mol. The van der Waals surface area contributed by atoms with Crippen LogP contribution in [0.3, 0.4) is 0 Å². The zero-order chi connectivity index (χ0) is 30.9. The first kappa shape index (κ1) is 30.6. The number of halogens is 1. The Morgan fingerprint density at radius 2 is 1.74 bits per heavy atom. The number of anilines is 1. The van der Waals surface area contributed by atoms with Crippen LogP contribution in [0.15, 0.2) is 53.4 Å². The van der Waals surface area contributed by atoms with Crippen LogP contribution in [0.1, 0.15) is 11.9 Å². The van der Waals surface area contributed by atoms with Crippen LogP contribution in [0, 0.1) is 5.82 Å². The largest absolute Gasteiger partial charge is 0.494 e. The number of hydrogen-bond acceptors (Lipinski definition) is 11. The van der Waals surface area contributed by atoms with Crippen LogP contribution < -0.4 is 13.8 Å². The van der Waals surface area contributed by atoms with Gasteiger partial charge in [0.2, 0.25) is 21.8 Å². The molecule has 2 unspecified atom stereocenters. The second-order valence-electron chi connectivity index (χ2n) is 11.2. The molecule has 4 aromatic rings. The van der Waals surface area contributed by atoms with Crippen LogP contribution in [0.4, 0.5) is 10.3 Å². The Hall–Kier alpha value is -3.86. The highest BCUT2D eigenvalue weighted by Crippen LogP contribution is 2.41. The van der Waals surface area contributed by atoms with Gasteiger partial charge < -0.3 is 13.9 Å². The van der Waals surface area contributed by atoms with Gasteiger partial charge in [-0.1, -0.05) is 25.7 Å². The van der Waals surface area contributed by atoms with E-state index in [0.717, 1.165) is 12.4 Å². The van der Waals surface area contributed by atoms with Crippen molar-refractivity contribution in [1.29, 1.82) is 0 Å². The third-order valence-corrected chi connectivity index (χ3v) is 10.9. The van der Waals surface area contributed by atoms with Gasteiger partial charge in [0, 0.05) is 21.7 Å². The van der Waals surface area contributed by atoms with Gasteiger partial charge >= 0.3 is 0 Å². The molecular formula is C27H34FN7O6SSi. The van der Waals surface area contributed by atoms with E-state index in [4.69, 9.17) is 18.7 Å². The molecule has 0 aliphatic carbocycles. The molecule has 1 fully saturated rings. The summed E-state index contributed by atoms with van der Waals surface area (Å²) in [6.45, 7) is 6.40. The quantitative estimate of drug-likeness (QED) is 0.223. The number of sulfonamides is 1. The third-order valence-electron chi connectivity index (χ3n) is 7.08. The van der Waals surface area contributed by atoms with Gasteiger partial charge in [-0.2, -0.15) is 5.06 Å². The first-order valence-electron chi connectivity index (χ1n) is 13.5. The molecule has 43 heavy (non-hydrogen) atoms. The molecule has 5 rings (SSSR count). The molecule has 0 amide bonds. The van der Waals surface area contributed by atoms with Gasteiger partial charge in [-0.05, 0) is 30.3 Å². The minimum absolute atomic E-state index is 0.0146. The molecule has 16 heteroatoms. The molecule has 1 aromatic carbocycles. The molecule has 230 valence electrons. The summed E-state index contributed by atoms with van der Waals surface area (Å²) in [5, 5.41) is 9.07. The molecule has 13 nitrogen and oxygen atoms in total. The zero-order valence-electron chi connectivity index (χ0n) is 24.8. The maximum atomic E-state index is 14.8. The Morgan fingerprint density at radius 1 is 1.07 bits per heavy atom. The first-order chi connectivity index (χ1) is 20.5. The van der Waals surface area contributed by atoms with Crippen molar-refractivity contribution in [2.24, 2.45) is 0 Å². The van der Waals surface area contributed by atoms with Gasteiger partial charge in [0.05, 0.1) is 39.5 Å². The van der Waals surface area contributed by atoms with Gasteiger partial charge in [-0.25, -0.2) is 27.1 Å². The monoisotopic (exact) mass is 631 g/mol. The summed E-state index contributed by atoms with van der Waals surface area (Å²) in [5.74, 6) is 0.898. The molecule has 2 atom stereocenters. The summed E-state index contributed by atoms with van der Waals surface area (Å²) in [6, 6.07) is 8.32. The molecule has 4 heterocycles. The average Bonchev–Trinajstić information content (AvgIpc) is 3.73. The summed E-state index contributed by atoms with van der Waals surface area (Å²) in [5.41, 5.74) is 0.394. The minimum atomic E-state index is -4.26. The maximum absolute atomic E-state index is 14.8. The smallest absolute Gasteiger partial charge is 0.246 e. The molecule has 1 aliphatic heterocycles. The summed E-state index contributed by atoms with van der Waals surface area (Å²) in [7, 11) is -1.44. The average molecular weight is 632 g/mol. The molecule has 1 saturated heterocycles. The number of hydrogen-bond donors (Lipinski definition) is 0. The topological polar surface area (TPSA) is 138 Å². The van der Waals surface area contributed by atoms with Crippen molar-refractivity contribution in [3.05, 3.63) is 60.6 Å². The van der Waals surface area contributed by atoms with E-state index in [9.17, 15) is 12.8 Å². The highest BCUT2D eigenvalue weighted by molar-refractivity contribution is 7.93. The fraction of sp³-hybridized carbons (Fsp3) is 0.407. The van der Waals surface area contributed by atoms with Crippen LogP contribution >= 0.6 is 0 Å². The van der Waals surface area contributed by atoms with E-state index in [0.29, 0.717) is 29.0 Å². The number of aromatic nitrogens is 5. The van der Waals surface area contributed by atoms with E-state index in [1.165, 1.54) is 29.9 Å². The summed E-state index contributed by atoms with van der Waals surface area (Å²) in [4.78, 5) is 13.9. The van der Waals surface area contributed by atoms with Crippen LogP contribution in [-0.2, 0) is 14.9 Å². The Bertz CT molecular complexity index is 1640. The van der Waals surface area contributed by atoms with Crippen LogP contribution in [0.2, 0.25) is 25.7 Å². The predicted octanol–water partition coefficient (Wildman–Crippen LogP) is 3.93. The van der Waals surface area contributed by atoms with Gasteiger partial charge in [-0.3, -0.25) is 9.40 Å². The SMILES string of the molecule is COc1cccc(OC)c1-n1c(-c2ccco2)nnc1N(CC[Si](C)(C)C)S(=O)(=O)C1CON(C)C1c1ncc(F)cn1. The standard InChI is InChI=1S/C27H34FN7O6SSi/c1-33-24(25-29-15-18(28)16-30-25)22(17-41-33)42(36,37)34(12-14-43(4,5)6)27-32-31-26(21-11-8-13-40-21)35(27)23-19(38-2)9-7-10-20(23)39-3/h7-11,13,15-16,22,24H,12,14,17H2,1-6H3. The van der Waals surface area contributed by atoms with E-state index < -0.39 is 35.2 Å². The zero-order valence-corrected chi connectivity index (χ0v) is 26.6. The van der Waals surface area contributed by atoms with Crippen LogP contribution in [0.25, 0.3) is 17.3 Å². The molecule has 1 aliphatic rings. The molecule has 0 spiro atoms. The van der Waals surface area contributed by atoms with Gasteiger partial charge in [0.15, 0.2) is 11.6 Å². The lowest BCUT2D eigenvalue weighted by molar-refractivity contribution is -0.112. The lowest BCUT2D eigenvalue weighted by Gasteiger charge is -2.31. The summed E-state index contributed by atoms with van der Waals surface area (Å²) >= 11 is 0. The minimum Gasteiger partial charge on any atom is -0.494 e. The lowest BCUT2D eigenvalue weighted by atomic mass is 10.2. The Balaban J connectivity index is 1.73. The van der Waals surface area contributed by atoms with Crippen molar-refractivity contribution >= 4 is 24.0 Å². The normalized spacial score (nSPS) is 17.7.